The number of nitrogens with zero attached hydrogens (tertiary/aromatic N) is 2. The second-order valence-corrected chi connectivity index (χ2v) is 4.76. The Morgan fingerprint density at radius 1 is 1.19 bits per heavy atom. The Morgan fingerprint density at radius 2 is 2.00 bits per heavy atom. The average Bonchev–Trinajstić information content (AvgIpc) is 2.96. The quantitative estimate of drug-likeness (QED) is 0.644. The summed E-state index contributed by atoms with van der Waals surface area (Å²) in [6.07, 6.45) is 4.05. The standard InChI is InChI=1S/C16H15N3O2/c1-2-10-3-5-16(21)14(7-10)17-8-12-11-9-18-19-13(11)4-6-15(12)20/h3-9,20-21H,2H2,1H3,(H,18,19). The van der Waals surface area contributed by atoms with Gasteiger partial charge in [0.25, 0.3) is 0 Å². The highest BCUT2D eigenvalue weighted by Gasteiger charge is 2.07. The molecule has 21 heavy (non-hydrogen) atoms. The van der Waals surface area contributed by atoms with Crippen molar-refractivity contribution in [3.05, 3.63) is 47.7 Å². The lowest BCUT2D eigenvalue weighted by Crippen LogP contribution is -1.85. The minimum absolute atomic E-state index is 0.113. The summed E-state index contributed by atoms with van der Waals surface area (Å²) in [6.45, 7) is 2.04. The van der Waals surface area contributed by atoms with Crippen LogP contribution < -0.4 is 0 Å². The molecule has 5 nitrogen and oxygen atoms in total. The summed E-state index contributed by atoms with van der Waals surface area (Å²) < 4.78 is 0. The molecule has 0 aliphatic carbocycles. The van der Waals surface area contributed by atoms with E-state index in [0.717, 1.165) is 22.9 Å². The number of fused-ring (bicyclic) bond motifs is 1. The molecule has 0 aliphatic rings. The summed E-state index contributed by atoms with van der Waals surface area (Å²) in [6, 6.07) is 8.67. The maximum atomic E-state index is 9.98. The van der Waals surface area contributed by atoms with Gasteiger partial charge in [-0.15, -0.1) is 0 Å². The van der Waals surface area contributed by atoms with Crippen molar-refractivity contribution in [3.63, 3.8) is 0 Å². The molecule has 0 saturated carbocycles. The third kappa shape index (κ3) is 2.45. The molecule has 0 atom stereocenters. The molecule has 1 aromatic heterocycles. The van der Waals surface area contributed by atoms with Crippen LogP contribution in [0.25, 0.3) is 10.9 Å². The van der Waals surface area contributed by atoms with Crippen molar-refractivity contribution in [1.82, 2.24) is 10.2 Å². The van der Waals surface area contributed by atoms with Gasteiger partial charge in [0, 0.05) is 17.2 Å². The number of aliphatic imine (C=N–C) groups is 1. The predicted molar refractivity (Wildman–Crippen MR) is 82.5 cm³/mol. The average molecular weight is 281 g/mol. The van der Waals surface area contributed by atoms with Crippen molar-refractivity contribution in [2.45, 2.75) is 13.3 Å². The number of aryl methyl sites for hydroxylation is 1. The van der Waals surface area contributed by atoms with Crippen LogP contribution in [0.1, 0.15) is 18.1 Å². The molecular formula is C16H15N3O2. The zero-order valence-electron chi connectivity index (χ0n) is 11.5. The zero-order valence-corrected chi connectivity index (χ0v) is 11.5. The number of rotatable bonds is 3. The lowest BCUT2D eigenvalue weighted by atomic mass is 10.1. The highest BCUT2D eigenvalue weighted by atomic mass is 16.3. The third-order valence-corrected chi connectivity index (χ3v) is 3.42. The third-order valence-electron chi connectivity index (χ3n) is 3.42. The highest BCUT2D eigenvalue weighted by Crippen LogP contribution is 2.29. The van der Waals surface area contributed by atoms with E-state index in [1.807, 2.05) is 19.1 Å². The van der Waals surface area contributed by atoms with Crippen LogP contribution in [-0.4, -0.2) is 26.6 Å². The molecule has 2 aromatic carbocycles. The second-order valence-electron chi connectivity index (χ2n) is 4.76. The molecule has 0 bridgehead atoms. The fourth-order valence-electron chi connectivity index (χ4n) is 2.19. The van der Waals surface area contributed by atoms with E-state index < -0.39 is 0 Å². The summed E-state index contributed by atoms with van der Waals surface area (Å²) in [5.41, 5.74) is 2.96. The van der Waals surface area contributed by atoms with Gasteiger partial charge in [0.05, 0.1) is 11.7 Å². The molecular weight excluding hydrogens is 266 g/mol. The first-order valence-corrected chi connectivity index (χ1v) is 6.70. The van der Waals surface area contributed by atoms with Gasteiger partial charge in [-0.3, -0.25) is 10.1 Å². The second kappa shape index (κ2) is 5.28. The highest BCUT2D eigenvalue weighted by molar-refractivity contribution is 6.01. The number of hydrogen-bond acceptors (Lipinski definition) is 4. The van der Waals surface area contributed by atoms with Crippen molar-refractivity contribution in [3.8, 4) is 11.5 Å². The van der Waals surface area contributed by atoms with Crippen molar-refractivity contribution in [2.75, 3.05) is 0 Å². The maximum absolute atomic E-state index is 9.98. The van der Waals surface area contributed by atoms with Crippen LogP contribution in [0.15, 0.2) is 41.5 Å². The molecule has 0 spiro atoms. The molecule has 3 rings (SSSR count). The number of aromatic hydroxyl groups is 2. The number of phenolic OH excluding ortho intramolecular Hbond substituents is 2. The topological polar surface area (TPSA) is 81.5 Å². The Morgan fingerprint density at radius 3 is 2.81 bits per heavy atom. The van der Waals surface area contributed by atoms with Gasteiger partial charge in [0.1, 0.15) is 17.2 Å². The Bertz CT molecular complexity index is 822. The fourth-order valence-corrected chi connectivity index (χ4v) is 2.19. The first kappa shape index (κ1) is 13.2. The minimum atomic E-state index is 0.113. The zero-order chi connectivity index (χ0) is 14.8. The van der Waals surface area contributed by atoms with Crippen LogP contribution in [0.5, 0.6) is 11.5 Å². The van der Waals surface area contributed by atoms with Crippen molar-refractivity contribution >= 4 is 22.8 Å². The molecule has 3 aromatic rings. The number of hydrogen-bond donors (Lipinski definition) is 3. The van der Waals surface area contributed by atoms with Gasteiger partial charge in [0.2, 0.25) is 0 Å². The molecule has 0 saturated heterocycles. The summed E-state index contributed by atoms with van der Waals surface area (Å²) in [4.78, 5) is 4.30. The number of aromatic amines is 1. The largest absolute Gasteiger partial charge is 0.507 e. The summed E-state index contributed by atoms with van der Waals surface area (Å²) >= 11 is 0. The molecule has 1 heterocycles. The lowest BCUT2D eigenvalue weighted by Gasteiger charge is -2.03. The van der Waals surface area contributed by atoms with E-state index in [2.05, 4.69) is 15.2 Å². The van der Waals surface area contributed by atoms with Crippen molar-refractivity contribution in [2.24, 2.45) is 4.99 Å². The van der Waals surface area contributed by atoms with Crippen LogP contribution in [-0.2, 0) is 6.42 Å². The Hall–Kier alpha value is -2.82. The van der Waals surface area contributed by atoms with E-state index in [1.165, 1.54) is 0 Å². The van der Waals surface area contributed by atoms with E-state index in [4.69, 9.17) is 0 Å². The Kier molecular flexibility index (Phi) is 3.31. The normalized spacial score (nSPS) is 11.5. The number of phenols is 2. The Labute approximate surface area is 121 Å². The maximum Gasteiger partial charge on any atom is 0.141 e. The number of nitrogens with one attached hydrogen (secondary N) is 1. The van der Waals surface area contributed by atoms with Crippen LogP contribution >= 0.6 is 0 Å². The Balaban J connectivity index is 2.05. The summed E-state index contributed by atoms with van der Waals surface area (Å²) in [7, 11) is 0. The van der Waals surface area contributed by atoms with Crippen LogP contribution in [0.2, 0.25) is 0 Å². The minimum Gasteiger partial charge on any atom is -0.507 e. The number of H-pyrrole nitrogens is 1. The van der Waals surface area contributed by atoms with Crippen LogP contribution in [0.4, 0.5) is 5.69 Å². The first-order chi connectivity index (χ1) is 10.2. The smallest absolute Gasteiger partial charge is 0.141 e. The van der Waals surface area contributed by atoms with Gasteiger partial charge in [-0.05, 0) is 36.2 Å². The number of aromatic nitrogens is 2. The molecule has 0 amide bonds. The van der Waals surface area contributed by atoms with Crippen LogP contribution in [0, 0.1) is 0 Å². The van der Waals surface area contributed by atoms with E-state index in [1.54, 1.807) is 30.6 Å². The fraction of sp³-hybridized carbons (Fsp3) is 0.125. The molecule has 3 N–H and O–H groups in total. The molecule has 0 fully saturated rings. The van der Waals surface area contributed by atoms with Gasteiger partial charge < -0.3 is 10.2 Å². The van der Waals surface area contributed by atoms with Crippen molar-refractivity contribution < 1.29 is 10.2 Å². The van der Waals surface area contributed by atoms with E-state index in [-0.39, 0.29) is 11.5 Å². The summed E-state index contributed by atoms with van der Waals surface area (Å²) in [5, 5.41) is 27.4. The molecule has 5 heteroatoms. The lowest BCUT2D eigenvalue weighted by molar-refractivity contribution is 0.474. The monoisotopic (exact) mass is 281 g/mol. The van der Waals surface area contributed by atoms with Gasteiger partial charge in [-0.25, -0.2) is 0 Å². The molecule has 106 valence electrons. The van der Waals surface area contributed by atoms with E-state index >= 15 is 0 Å². The van der Waals surface area contributed by atoms with Gasteiger partial charge in [-0.2, -0.15) is 5.10 Å². The molecule has 0 radical (unpaired) electrons. The van der Waals surface area contributed by atoms with Crippen LogP contribution in [0.3, 0.4) is 0 Å². The van der Waals surface area contributed by atoms with E-state index in [9.17, 15) is 10.2 Å². The molecule has 0 unspecified atom stereocenters. The SMILES string of the molecule is CCc1ccc(O)c(N=Cc2c(O)ccc3[nH]ncc23)c1. The van der Waals surface area contributed by atoms with Gasteiger partial charge in [-0.1, -0.05) is 13.0 Å². The van der Waals surface area contributed by atoms with Gasteiger partial charge in [0.15, 0.2) is 0 Å². The number of benzene rings is 2. The van der Waals surface area contributed by atoms with Crippen molar-refractivity contribution in [1.29, 1.82) is 0 Å². The van der Waals surface area contributed by atoms with E-state index in [0.29, 0.717) is 11.3 Å². The molecule has 0 aliphatic heterocycles. The van der Waals surface area contributed by atoms with Gasteiger partial charge >= 0.3 is 0 Å². The predicted octanol–water partition coefficient (Wildman–Crippen LogP) is 3.29. The first-order valence-electron chi connectivity index (χ1n) is 6.70. The summed E-state index contributed by atoms with van der Waals surface area (Å²) in [5.74, 6) is 0.237.